The maximum atomic E-state index is 11.8. The van der Waals surface area contributed by atoms with Crippen LogP contribution in [0.1, 0.15) is 33.6 Å². The van der Waals surface area contributed by atoms with Crippen LogP contribution < -0.4 is 16.4 Å². The molecule has 0 spiro atoms. The van der Waals surface area contributed by atoms with Crippen LogP contribution in [0.15, 0.2) is 59.2 Å². The minimum atomic E-state index is -0.489. The van der Waals surface area contributed by atoms with Crippen molar-refractivity contribution in [1.29, 1.82) is 0 Å². The Labute approximate surface area is 179 Å². The zero-order valence-corrected chi connectivity index (χ0v) is 17.0. The average molecular weight is 413 g/mol. The number of amides is 1. The smallest absolute Gasteiger partial charge is 0.249 e. The summed E-state index contributed by atoms with van der Waals surface area (Å²) in [5.41, 5.74) is 9.23. The molecule has 156 valence electrons. The number of anilines is 1. The molecule has 3 heterocycles. The number of aryl methyl sites for hydroxylation is 1. The molecule has 5 rings (SSSR count). The summed E-state index contributed by atoms with van der Waals surface area (Å²) in [6.45, 7) is 2.32. The number of primary amides is 1. The molecule has 0 unspecified atom stereocenters. The molecule has 1 aliphatic rings. The van der Waals surface area contributed by atoms with Gasteiger partial charge in [0.1, 0.15) is 12.1 Å². The van der Waals surface area contributed by atoms with E-state index in [0.717, 1.165) is 48.4 Å². The van der Waals surface area contributed by atoms with E-state index in [4.69, 9.17) is 20.1 Å². The molecule has 0 saturated heterocycles. The number of carbonyl (C=O) groups excluding carboxylic acids is 1. The van der Waals surface area contributed by atoms with Gasteiger partial charge in [0.05, 0.1) is 11.3 Å². The molecule has 0 saturated carbocycles. The molecule has 2 aromatic heterocycles. The van der Waals surface area contributed by atoms with Gasteiger partial charge in [0, 0.05) is 29.4 Å². The third-order valence-electron chi connectivity index (χ3n) is 5.58. The van der Waals surface area contributed by atoms with Crippen molar-refractivity contribution in [3.05, 3.63) is 77.2 Å². The van der Waals surface area contributed by atoms with E-state index in [1.807, 2.05) is 24.3 Å². The van der Waals surface area contributed by atoms with Gasteiger partial charge in [0.25, 0.3) is 0 Å². The van der Waals surface area contributed by atoms with Crippen LogP contribution in [0.25, 0.3) is 22.4 Å². The topological polar surface area (TPSA) is 106 Å². The number of hydrogen-bond acceptors (Lipinski definition) is 6. The molecule has 0 fully saturated rings. The van der Waals surface area contributed by atoms with Gasteiger partial charge in [0.15, 0.2) is 11.6 Å². The molecule has 4 N–H and O–H groups in total. The Balaban J connectivity index is 1.59. The lowest BCUT2D eigenvalue weighted by Crippen LogP contribution is -2.15. The van der Waals surface area contributed by atoms with Crippen LogP contribution in [0.5, 0.6) is 0 Å². The van der Waals surface area contributed by atoms with E-state index in [1.54, 1.807) is 18.4 Å². The summed E-state index contributed by atoms with van der Waals surface area (Å²) in [5.74, 6) is 1.36. The molecule has 0 radical (unpaired) electrons. The Morgan fingerprint density at radius 3 is 2.81 bits per heavy atom. The first-order chi connectivity index (χ1) is 15.2. The van der Waals surface area contributed by atoms with Gasteiger partial charge >= 0.3 is 0 Å². The largest absolute Gasteiger partial charge is 0.460 e. The van der Waals surface area contributed by atoms with Crippen molar-refractivity contribution in [2.45, 2.75) is 25.9 Å². The van der Waals surface area contributed by atoms with E-state index in [2.05, 4.69) is 22.8 Å². The average Bonchev–Trinajstić information content (AvgIpc) is 3.08. The van der Waals surface area contributed by atoms with Gasteiger partial charge in [0.2, 0.25) is 5.91 Å². The first-order valence-electron chi connectivity index (χ1n) is 10.4. The number of nitrogens with two attached hydrogens (primary N) is 1. The Bertz CT molecular complexity index is 1250. The lowest BCUT2D eigenvalue weighted by atomic mass is 10.1. The Morgan fingerprint density at radius 1 is 1.10 bits per heavy atom. The first-order valence-corrected chi connectivity index (χ1v) is 10.4. The SMILES string of the molecule is NC(=O)c1cccc2c(-c3nc4c(c(NCc5ccccc5)n3)CNCCC4)occ12. The Morgan fingerprint density at radius 2 is 1.97 bits per heavy atom. The van der Waals surface area contributed by atoms with Crippen LogP contribution >= 0.6 is 0 Å². The molecule has 31 heavy (non-hydrogen) atoms. The molecule has 4 aromatic rings. The summed E-state index contributed by atoms with van der Waals surface area (Å²) in [7, 11) is 0. The van der Waals surface area contributed by atoms with Gasteiger partial charge in [-0.25, -0.2) is 9.97 Å². The number of aromatic nitrogens is 2. The third-order valence-corrected chi connectivity index (χ3v) is 5.58. The van der Waals surface area contributed by atoms with Crippen molar-refractivity contribution < 1.29 is 9.21 Å². The molecule has 0 aliphatic carbocycles. The highest BCUT2D eigenvalue weighted by atomic mass is 16.3. The molecular weight excluding hydrogens is 390 g/mol. The van der Waals surface area contributed by atoms with Crippen molar-refractivity contribution in [1.82, 2.24) is 15.3 Å². The van der Waals surface area contributed by atoms with Crippen molar-refractivity contribution >= 4 is 22.5 Å². The monoisotopic (exact) mass is 413 g/mol. The fourth-order valence-electron chi connectivity index (χ4n) is 4.01. The van der Waals surface area contributed by atoms with Gasteiger partial charge in [-0.15, -0.1) is 0 Å². The summed E-state index contributed by atoms with van der Waals surface area (Å²) in [4.78, 5) is 21.5. The van der Waals surface area contributed by atoms with Crippen LogP contribution in [0.2, 0.25) is 0 Å². The van der Waals surface area contributed by atoms with Crippen molar-refractivity contribution in [3.63, 3.8) is 0 Å². The lowest BCUT2D eigenvalue weighted by molar-refractivity contribution is 0.100. The van der Waals surface area contributed by atoms with E-state index in [9.17, 15) is 4.79 Å². The summed E-state index contributed by atoms with van der Waals surface area (Å²) in [6.07, 6.45) is 3.42. The van der Waals surface area contributed by atoms with E-state index < -0.39 is 5.91 Å². The maximum absolute atomic E-state index is 11.8. The van der Waals surface area contributed by atoms with Crippen LogP contribution in [0.4, 0.5) is 5.82 Å². The normalized spacial score (nSPS) is 13.5. The highest BCUT2D eigenvalue weighted by Gasteiger charge is 2.21. The van der Waals surface area contributed by atoms with E-state index in [-0.39, 0.29) is 0 Å². The van der Waals surface area contributed by atoms with Crippen LogP contribution in [-0.2, 0) is 19.5 Å². The standard InChI is InChI=1S/C24H23N5O2/c25-22(30)17-9-4-8-16-19(17)14-31-21(16)24-28-20-10-5-11-26-13-18(20)23(29-24)27-12-15-6-2-1-3-7-15/h1-4,6-9,14,26H,5,10-13H2,(H2,25,30)(H,27,28,29). The summed E-state index contributed by atoms with van der Waals surface area (Å²) in [5, 5.41) is 8.39. The molecule has 7 nitrogen and oxygen atoms in total. The lowest BCUT2D eigenvalue weighted by Gasteiger charge is -2.14. The summed E-state index contributed by atoms with van der Waals surface area (Å²) < 4.78 is 5.86. The van der Waals surface area contributed by atoms with Crippen LogP contribution in [0.3, 0.4) is 0 Å². The number of fused-ring (bicyclic) bond motifs is 2. The highest BCUT2D eigenvalue weighted by Crippen LogP contribution is 2.33. The number of carbonyl (C=O) groups is 1. The fourth-order valence-corrected chi connectivity index (χ4v) is 4.01. The molecule has 0 atom stereocenters. The molecular formula is C24H23N5O2. The zero-order valence-electron chi connectivity index (χ0n) is 17.0. The predicted molar refractivity (Wildman–Crippen MR) is 120 cm³/mol. The van der Waals surface area contributed by atoms with Gasteiger partial charge < -0.3 is 20.8 Å². The number of furan rings is 1. The predicted octanol–water partition coefficient (Wildman–Crippen LogP) is 3.64. The summed E-state index contributed by atoms with van der Waals surface area (Å²) in [6, 6.07) is 15.6. The Hall–Kier alpha value is -3.71. The van der Waals surface area contributed by atoms with E-state index >= 15 is 0 Å². The maximum Gasteiger partial charge on any atom is 0.249 e. The van der Waals surface area contributed by atoms with Gasteiger partial charge in [-0.2, -0.15) is 0 Å². The number of rotatable bonds is 5. The summed E-state index contributed by atoms with van der Waals surface area (Å²) >= 11 is 0. The quantitative estimate of drug-likeness (QED) is 0.461. The molecule has 0 bridgehead atoms. The first kappa shape index (κ1) is 19.3. The number of nitrogens with one attached hydrogen (secondary N) is 2. The van der Waals surface area contributed by atoms with Crippen molar-refractivity contribution in [2.75, 3.05) is 11.9 Å². The van der Waals surface area contributed by atoms with Crippen LogP contribution in [0, 0.1) is 0 Å². The third kappa shape index (κ3) is 3.75. The Kier molecular flexibility index (Phi) is 5.09. The van der Waals surface area contributed by atoms with Gasteiger partial charge in [-0.3, -0.25) is 4.79 Å². The second kappa shape index (κ2) is 8.20. The van der Waals surface area contributed by atoms with Crippen molar-refractivity contribution in [2.24, 2.45) is 5.73 Å². The van der Waals surface area contributed by atoms with Crippen molar-refractivity contribution in [3.8, 4) is 11.6 Å². The zero-order chi connectivity index (χ0) is 21.2. The molecule has 7 heteroatoms. The number of benzene rings is 2. The minimum absolute atomic E-state index is 0.425. The highest BCUT2D eigenvalue weighted by molar-refractivity contribution is 6.08. The second-order valence-corrected chi connectivity index (χ2v) is 7.64. The number of hydrogen-bond donors (Lipinski definition) is 3. The molecule has 2 aromatic carbocycles. The van der Waals surface area contributed by atoms with Gasteiger partial charge in [-0.05, 0) is 31.0 Å². The molecule has 1 aliphatic heterocycles. The van der Waals surface area contributed by atoms with E-state index in [0.29, 0.717) is 29.1 Å². The number of nitrogens with zero attached hydrogens (tertiary/aromatic N) is 2. The fraction of sp³-hybridized carbons (Fsp3) is 0.208. The van der Waals surface area contributed by atoms with E-state index in [1.165, 1.54) is 5.56 Å². The van der Waals surface area contributed by atoms with Crippen LogP contribution in [-0.4, -0.2) is 22.4 Å². The van der Waals surface area contributed by atoms with Gasteiger partial charge in [-0.1, -0.05) is 42.5 Å². The minimum Gasteiger partial charge on any atom is -0.460 e. The second-order valence-electron chi connectivity index (χ2n) is 7.64. The molecule has 1 amide bonds.